The first kappa shape index (κ1) is 25.8. The molecule has 0 atom stereocenters. The zero-order valence-corrected chi connectivity index (χ0v) is 22.2. The van der Waals surface area contributed by atoms with Crippen LogP contribution in [0.1, 0.15) is 116 Å². The van der Waals surface area contributed by atoms with E-state index in [0.29, 0.717) is 23.7 Å². The Morgan fingerprint density at radius 1 is 0.531 bits per heavy atom. The molecule has 2 aromatic heterocycles. The van der Waals surface area contributed by atoms with E-state index in [1.54, 1.807) is 7.11 Å². The predicted molar refractivity (Wildman–Crippen MR) is 139 cm³/mol. The summed E-state index contributed by atoms with van der Waals surface area (Å²) in [5.74, 6) is 2.63. The molecule has 176 valence electrons. The van der Waals surface area contributed by atoms with Gasteiger partial charge in [-0.1, -0.05) is 75.3 Å². The predicted octanol–water partition coefficient (Wildman–Crippen LogP) is 8.80. The molecule has 3 heteroatoms. The van der Waals surface area contributed by atoms with Crippen molar-refractivity contribution in [3.05, 3.63) is 65.2 Å². The maximum Gasteiger partial charge on any atom is 0.166 e. The molecule has 0 aliphatic rings. The summed E-state index contributed by atoms with van der Waals surface area (Å²) in [5, 5.41) is 0. The van der Waals surface area contributed by atoms with Gasteiger partial charge in [0.25, 0.3) is 0 Å². The average Bonchev–Trinajstić information content (AvgIpc) is 3.39. The Hall–Kier alpha value is -2.42. The van der Waals surface area contributed by atoms with Gasteiger partial charge in [-0.25, -0.2) is 0 Å². The van der Waals surface area contributed by atoms with Crippen LogP contribution in [-0.4, -0.2) is 16.2 Å². The van der Waals surface area contributed by atoms with E-state index in [4.69, 9.17) is 4.74 Å². The number of rotatable bonds is 7. The van der Waals surface area contributed by atoms with E-state index in [1.165, 1.54) is 22.8 Å². The Morgan fingerprint density at radius 3 is 1.03 bits per heavy atom. The van der Waals surface area contributed by atoms with Crippen LogP contribution in [0.2, 0.25) is 0 Å². The van der Waals surface area contributed by atoms with Crippen LogP contribution in [0.5, 0.6) is 5.75 Å². The SMILES string of the molecule is CC.COc1c(-n2c(C(C)C)ccc2C(C)C)cccc1-n1c(C(C)C)ccc1C(C)C. The molecule has 0 amide bonds. The van der Waals surface area contributed by atoms with Gasteiger partial charge in [0.05, 0.1) is 18.5 Å². The van der Waals surface area contributed by atoms with Crippen molar-refractivity contribution in [2.75, 3.05) is 7.11 Å². The smallest absolute Gasteiger partial charge is 0.166 e. The molecule has 0 aliphatic carbocycles. The Bertz CT molecular complexity index is 875. The summed E-state index contributed by atoms with van der Waals surface area (Å²) in [5.41, 5.74) is 7.49. The van der Waals surface area contributed by atoms with E-state index in [9.17, 15) is 0 Å². The number of nitrogens with zero attached hydrogens (tertiary/aromatic N) is 2. The monoisotopic (exact) mass is 436 g/mol. The van der Waals surface area contributed by atoms with E-state index in [0.717, 1.165) is 17.1 Å². The van der Waals surface area contributed by atoms with Crippen molar-refractivity contribution in [3.63, 3.8) is 0 Å². The second-order valence-corrected chi connectivity index (χ2v) is 9.49. The van der Waals surface area contributed by atoms with Crippen LogP contribution < -0.4 is 4.74 Å². The second kappa shape index (κ2) is 10.9. The molecule has 0 radical (unpaired) electrons. The third kappa shape index (κ3) is 4.82. The second-order valence-electron chi connectivity index (χ2n) is 9.49. The van der Waals surface area contributed by atoms with Gasteiger partial charge in [-0.15, -0.1) is 0 Å². The topological polar surface area (TPSA) is 19.1 Å². The van der Waals surface area contributed by atoms with Gasteiger partial charge in [-0.05, 0) is 60.1 Å². The molecular formula is C29H44N2O. The summed E-state index contributed by atoms with van der Waals surface area (Å²) in [4.78, 5) is 0. The summed E-state index contributed by atoms with van der Waals surface area (Å²) in [6.45, 7) is 22.0. The van der Waals surface area contributed by atoms with Gasteiger partial charge in [0.2, 0.25) is 0 Å². The normalized spacial score (nSPS) is 11.5. The number of aromatic nitrogens is 2. The van der Waals surface area contributed by atoms with Crippen molar-refractivity contribution in [2.45, 2.75) is 92.9 Å². The van der Waals surface area contributed by atoms with Crippen molar-refractivity contribution in [2.24, 2.45) is 0 Å². The first-order valence-electron chi connectivity index (χ1n) is 12.3. The lowest BCUT2D eigenvalue weighted by Gasteiger charge is -2.24. The largest absolute Gasteiger partial charge is 0.492 e. The van der Waals surface area contributed by atoms with Gasteiger partial charge in [-0.3, -0.25) is 0 Å². The Labute approximate surface area is 196 Å². The van der Waals surface area contributed by atoms with Crippen LogP contribution in [-0.2, 0) is 0 Å². The lowest BCUT2D eigenvalue weighted by molar-refractivity contribution is 0.409. The molecule has 0 N–H and O–H groups in total. The highest BCUT2D eigenvalue weighted by molar-refractivity contribution is 5.62. The zero-order chi connectivity index (χ0) is 24.2. The number of para-hydroxylation sites is 1. The first-order chi connectivity index (χ1) is 15.2. The lowest BCUT2D eigenvalue weighted by atomic mass is 10.1. The summed E-state index contributed by atoms with van der Waals surface area (Å²) in [6, 6.07) is 15.6. The lowest BCUT2D eigenvalue weighted by Crippen LogP contribution is -2.12. The number of ether oxygens (including phenoxy) is 1. The maximum atomic E-state index is 6.12. The third-order valence-corrected chi connectivity index (χ3v) is 5.91. The van der Waals surface area contributed by atoms with Gasteiger partial charge < -0.3 is 13.9 Å². The molecule has 3 rings (SSSR count). The molecule has 0 fully saturated rings. The number of benzene rings is 1. The van der Waals surface area contributed by atoms with Crippen LogP contribution in [0.15, 0.2) is 42.5 Å². The molecule has 0 unspecified atom stereocenters. The van der Waals surface area contributed by atoms with Crippen LogP contribution >= 0.6 is 0 Å². The summed E-state index contributed by atoms with van der Waals surface area (Å²) >= 11 is 0. The maximum absolute atomic E-state index is 6.12. The van der Waals surface area contributed by atoms with E-state index in [-0.39, 0.29) is 0 Å². The van der Waals surface area contributed by atoms with Crippen molar-refractivity contribution >= 4 is 0 Å². The van der Waals surface area contributed by atoms with Crippen LogP contribution in [0.25, 0.3) is 11.4 Å². The van der Waals surface area contributed by atoms with Gasteiger partial charge in [-0.2, -0.15) is 0 Å². The van der Waals surface area contributed by atoms with Gasteiger partial charge in [0.15, 0.2) is 5.75 Å². The highest BCUT2D eigenvalue weighted by Crippen LogP contribution is 2.39. The zero-order valence-electron chi connectivity index (χ0n) is 22.2. The highest BCUT2D eigenvalue weighted by Gasteiger charge is 2.23. The first-order valence-corrected chi connectivity index (χ1v) is 12.3. The van der Waals surface area contributed by atoms with E-state index in [2.05, 4.69) is 107 Å². The Balaban J connectivity index is 0.00000176. The number of methoxy groups -OCH3 is 1. The van der Waals surface area contributed by atoms with E-state index in [1.807, 2.05) is 13.8 Å². The number of hydrogen-bond acceptors (Lipinski definition) is 1. The molecule has 32 heavy (non-hydrogen) atoms. The fourth-order valence-electron chi connectivity index (χ4n) is 4.37. The van der Waals surface area contributed by atoms with Gasteiger partial charge in [0, 0.05) is 22.8 Å². The standard InChI is InChI=1S/C27H38N2O.C2H6/c1-17(2)21-13-14-22(18(3)4)28(21)25-11-10-12-26(27(25)30-9)29-23(19(5)6)15-16-24(29)20(7)8;1-2/h10-20H,1-9H3;1-2H3. The molecular weight excluding hydrogens is 392 g/mol. The van der Waals surface area contributed by atoms with Crippen LogP contribution in [0, 0.1) is 0 Å². The Morgan fingerprint density at radius 2 is 0.812 bits per heavy atom. The van der Waals surface area contributed by atoms with Gasteiger partial charge >= 0.3 is 0 Å². The third-order valence-electron chi connectivity index (χ3n) is 5.91. The minimum absolute atomic E-state index is 0.426. The fraction of sp³-hybridized carbons (Fsp3) is 0.517. The fourth-order valence-corrected chi connectivity index (χ4v) is 4.37. The van der Waals surface area contributed by atoms with Crippen molar-refractivity contribution in [1.82, 2.24) is 9.13 Å². The molecule has 0 saturated heterocycles. The molecule has 0 bridgehead atoms. The van der Waals surface area contributed by atoms with Crippen molar-refractivity contribution < 1.29 is 4.74 Å². The minimum Gasteiger partial charge on any atom is -0.492 e. The number of hydrogen-bond donors (Lipinski definition) is 0. The Kier molecular flexibility index (Phi) is 8.83. The quantitative estimate of drug-likeness (QED) is 0.362. The van der Waals surface area contributed by atoms with Crippen LogP contribution in [0.4, 0.5) is 0 Å². The molecule has 2 heterocycles. The summed E-state index contributed by atoms with van der Waals surface area (Å²) < 4.78 is 10.9. The van der Waals surface area contributed by atoms with E-state index >= 15 is 0 Å². The summed E-state index contributed by atoms with van der Waals surface area (Å²) in [6.07, 6.45) is 0. The van der Waals surface area contributed by atoms with Crippen LogP contribution in [0.3, 0.4) is 0 Å². The molecule has 1 aromatic carbocycles. The highest BCUT2D eigenvalue weighted by atomic mass is 16.5. The average molecular weight is 437 g/mol. The summed E-state index contributed by atoms with van der Waals surface area (Å²) in [7, 11) is 1.80. The van der Waals surface area contributed by atoms with Crippen molar-refractivity contribution in [1.29, 1.82) is 0 Å². The molecule has 0 saturated carbocycles. The molecule has 0 spiro atoms. The van der Waals surface area contributed by atoms with Crippen molar-refractivity contribution in [3.8, 4) is 17.1 Å². The molecule has 3 aromatic rings. The van der Waals surface area contributed by atoms with E-state index < -0.39 is 0 Å². The molecule has 0 aliphatic heterocycles. The molecule has 3 nitrogen and oxygen atoms in total. The minimum atomic E-state index is 0.426. The van der Waals surface area contributed by atoms with Gasteiger partial charge in [0.1, 0.15) is 0 Å².